The third-order valence-electron chi connectivity index (χ3n) is 5.34. The summed E-state index contributed by atoms with van der Waals surface area (Å²) >= 11 is 1.79. The molecule has 1 aromatic heterocycles. The van der Waals surface area contributed by atoms with Crippen molar-refractivity contribution in [1.29, 1.82) is 0 Å². The van der Waals surface area contributed by atoms with E-state index in [0.29, 0.717) is 19.0 Å². The summed E-state index contributed by atoms with van der Waals surface area (Å²) in [5, 5.41) is 1.22. The zero-order valence-corrected chi connectivity index (χ0v) is 16.8. The first-order chi connectivity index (χ1) is 13.6. The molecule has 1 saturated heterocycles. The van der Waals surface area contributed by atoms with E-state index in [1.807, 2.05) is 12.1 Å². The van der Waals surface area contributed by atoms with Crippen LogP contribution >= 0.6 is 11.3 Å². The second kappa shape index (κ2) is 8.37. The highest BCUT2D eigenvalue weighted by Gasteiger charge is 2.25. The molecular weight excluding hydrogens is 373 g/mol. The van der Waals surface area contributed by atoms with Crippen LogP contribution in [0.1, 0.15) is 29.3 Å². The van der Waals surface area contributed by atoms with E-state index in [1.54, 1.807) is 29.4 Å². The lowest BCUT2D eigenvalue weighted by Crippen LogP contribution is -2.41. The molecule has 146 valence electrons. The predicted molar refractivity (Wildman–Crippen MR) is 111 cm³/mol. The van der Waals surface area contributed by atoms with Crippen molar-refractivity contribution in [2.45, 2.75) is 25.3 Å². The van der Waals surface area contributed by atoms with Crippen molar-refractivity contribution in [3.05, 3.63) is 64.9 Å². The van der Waals surface area contributed by atoms with Crippen LogP contribution in [0.2, 0.25) is 0 Å². The third-order valence-corrected chi connectivity index (χ3v) is 6.54. The van der Waals surface area contributed by atoms with E-state index in [-0.39, 0.29) is 11.7 Å². The van der Waals surface area contributed by atoms with E-state index in [1.165, 1.54) is 21.8 Å². The molecule has 3 aromatic rings. The summed E-state index contributed by atoms with van der Waals surface area (Å²) in [4.78, 5) is 21.2. The summed E-state index contributed by atoms with van der Waals surface area (Å²) in [6.07, 6.45) is 2.06. The first-order valence-electron chi connectivity index (χ1n) is 9.65. The fourth-order valence-corrected chi connectivity index (χ4v) is 4.85. The van der Waals surface area contributed by atoms with Gasteiger partial charge in [-0.1, -0.05) is 24.3 Å². The molecule has 1 aliphatic rings. The summed E-state index contributed by atoms with van der Waals surface area (Å²) < 4.78 is 14.6. The van der Waals surface area contributed by atoms with E-state index in [2.05, 4.69) is 23.1 Å². The van der Waals surface area contributed by atoms with Crippen LogP contribution in [0, 0.1) is 5.82 Å². The SMILES string of the molecule is CN(Cc1cccc(F)c1)C(=O)CN1CCC(c2nc3ccccc3s2)CC1. The average Bonchev–Trinajstić information content (AvgIpc) is 3.13. The Balaban J connectivity index is 1.29. The van der Waals surface area contributed by atoms with Crippen LogP contribution in [0.15, 0.2) is 48.5 Å². The number of amides is 1. The first-order valence-corrected chi connectivity index (χ1v) is 10.5. The van der Waals surface area contributed by atoms with Gasteiger partial charge in [-0.3, -0.25) is 9.69 Å². The number of hydrogen-bond donors (Lipinski definition) is 0. The first kappa shape index (κ1) is 19.0. The van der Waals surface area contributed by atoms with Crippen molar-refractivity contribution in [2.24, 2.45) is 0 Å². The molecule has 0 bridgehead atoms. The van der Waals surface area contributed by atoms with Gasteiger partial charge in [0.05, 0.1) is 21.8 Å². The van der Waals surface area contributed by atoms with Gasteiger partial charge in [-0.2, -0.15) is 0 Å². The minimum absolute atomic E-state index is 0.0719. The van der Waals surface area contributed by atoms with Gasteiger partial charge < -0.3 is 4.90 Å². The molecule has 1 aliphatic heterocycles. The number of piperidine rings is 1. The molecule has 1 fully saturated rings. The maximum absolute atomic E-state index is 13.3. The Labute approximate surface area is 168 Å². The number of halogens is 1. The number of thiazole rings is 1. The molecule has 0 saturated carbocycles. The molecule has 2 aromatic carbocycles. The number of nitrogens with zero attached hydrogens (tertiary/aromatic N) is 3. The molecule has 0 unspecified atom stereocenters. The highest BCUT2D eigenvalue weighted by atomic mass is 32.1. The topological polar surface area (TPSA) is 36.4 Å². The number of carbonyl (C=O) groups is 1. The minimum Gasteiger partial charge on any atom is -0.340 e. The maximum atomic E-state index is 13.3. The molecule has 28 heavy (non-hydrogen) atoms. The van der Waals surface area contributed by atoms with Gasteiger partial charge in [0.15, 0.2) is 0 Å². The zero-order chi connectivity index (χ0) is 19.5. The van der Waals surface area contributed by atoms with Gasteiger partial charge in [0.1, 0.15) is 5.82 Å². The van der Waals surface area contributed by atoms with Gasteiger partial charge in [0, 0.05) is 19.5 Å². The smallest absolute Gasteiger partial charge is 0.236 e. The second-order valence-electron chi connectivity index (χ2n) is 7.45. The van der Waals surface area contributed by atoms with Crippen LogP contribution in [-0.4, -0.2) is 47.4 Å². The van der Waals surface area contributed by atoms with Gasteiger partial charge in [0.2, 0.25) is 5.91 Å². The van der Waals surface area contributed by atoms with E-state index in [4.69, 9.17) is 4.98 Å². The van der Waals surface area contributed by atoms with Crippen molar-refractivity contribution in [3.8, 4) is 0 Å². The Hall–Kier alpha value is -2.31. The Morgan fingerprint density at radius 2 is 2.00 bits per heavy atom. The van der Waals surface area contributed by atoms with Gasteiger partial charge >= 0.3 is 0 Å². The molecule has 0 atom stereocenters. The number of carbonyl (C=O) groups excluding carboxylic acids is 1. The van der Waals surface area contributed by atoms with E-state index >= 15 is 0 Å². The zero-order valence-electron chi connectivity index (χ0n) is 16.0. The highest BCUT2D eigenvalue weighted by Crippen LogP contribution is 2.33. The minimum atomic E-state index is -0.268. The standard InChI is InChI=1S/C22H24FN3OS/c1-25(14-16-5-4-6-18(23)13-16)21(27)15-26-11-9-17(10-12-26)22-24-19-7-2-3-8-20(19)28-22/h2-8,13,17H,9-12,14-15H2,1H3. The number of rotatable bonds is 5. The van der Waals surface area contributed by atoms with E-state index in [0.717, 1.165) is 37.0 Å². The molecular formula is C22H24FN3OS. The molecule has 0 aliphatic carbocycles. The van der Waals surface area contributed by atoms with Gasteiger partial charge in [-0.25, -0.2) is 9.37 Å². The van der Waals surface area contributed by atoms with Crippen LogP contribution in [-0.2, 0) is 11.3 Å². The second-order valence-corrected chi connectivity index (χ2v) is 8.51. The van der Waals surface area contributed by atoms with Crippen molar-refractivity contribution < 1.29 is 9.18 Å². The summed E-state index contributed by atoms with van der Waals surface area (Å²) in [5.74, 6) is 0.284. The number of likely N-dealkylation sites (tertiary alicyclic amines) is 1. The number of hydrogen-bond acceptors (Lipinski definition) is 4. The molecule has 4 rings (SSSR count). The van der Waals surface area contributed by atoms with Crippen LogP contribution < -0.4 is 0 Å². The number of aromatic nitrogens is 1. The van der Waals surface area contributed by atoms with E-state index < -0.39 is 0 Å². The Morgan fingerprint density at radius 3 is 2.75 bits per heavy atom. The summed E-state index contributed by atoms with van der Waals surface area (Å²) in [6, 6.07) is 14.7. The fraction of sp³-hybridized carbons (Fsp3) is 0.364. The lowest BCUT2D eigenvalue weighted by Gasteiger charge is -2.31. The lowest BCUT2D eigenvalue weighted by molar-refractivity contribution is -0.131. The Morgan fingerprint density at radius 1 is 1.21 bits per heavy atom. The molecule has 0 radical (unpaired) electrons. The number of para-hydroxylation sites is 1. The quantitative estimate of drug-likeness (QED) is 0.645. The van der Waals surface area contributed by atoms with Crippen molar-refractivity contribution in [2.75, 3.05) is 26.7 Å². The monoisotopic (exact) mass is 397 g/mol. The van der Waals surface area contributed by atoms with Crippen LogP contribution in [0.25, 0.3) is 10.2 Å². The van der Waals surface area contributed by atoms with Crippen molar-refractivity contribution in [1.82, 2.24) is 14.8 Å². The van der Waals surface area contributed by atoms with E-state index in [9.17, 15) is 9.18 Å². The lowest BCUT2D eigenvalue weighted by atomic mass is 9.97. The molecule has 1 amide bonds. The maximum Gasteiger partial charge on any atom is 0.236 e. The highest BCUT2D eigenvalue weighted by molar-refractivity contribution is 7.18. The summed E-state index contributed by atoms with van der Waals surface area (Å²) in [7, 11) is 1.78. The third kappa shape index (κ3) is 4.39. The van der Waals surface area contributed by atoms with Crippen LogP contribution in [0.3, 0.4) is 0 Å². The molecule has 0 spiro atoms. The Bertz CT molecular complexity index is 932. The van der Waals surface area contributed by atoms with Crippen molar-refractivity contribution in [3.63, 3.8) is 0 Å². The summed E-state index contributed by atoms with van der Waals surface area (Å²) in [5.41, 5.74) is 1.89. The van der Waals surface area contributed by atoms with Gasteiger partial charge in [-0.15, -0.1) is 11.3 Å². The fourth-order valence-electron chi connectivity index (χ4n) is 3.71. The number of benzene rings is 2. The van der Waals surface area contributed by atoms with Gasteiger partial charge in [-0.05, 0) is 55.8 Å². The largest absolute Gasteiger partial charge is 0.340 e. The molecule has 4 nitrogen and oxygen atoms in total. The normalized spacial score (nSPS) is 15.8. The number of fused-ring (bicyclic) bond motifs is 1. The average molecular weight is 398 g/mol. The molecule has 2 heterocycles. The Kier molecular flexibility index (Phi) is 5.69. The summed E-state index contributed by atoms with van der Waals surface area (Å²) in [6.45, 7) is 2.65. The van der Waals surface area contributed by atoms with Crippen LogP contribution in [0.5, 0.6) is 0 Å². The van der Waals surface area contributed by atoms with Crippen LogP contribution in [0.4, 0.5) is 4.39 Å². The predicted octanol–water partition coefficient (Wildman–Crippen LogP) is 4.27. The van der Waals surface area contributed by atoms with Gasteiger partial charge in [0.25, 0.3) is 0 Å². The molecule has 6 heteroatoms. The van der Waals surface area contributed by atoms with Crippen molar-refractivity contribution >= 4 is 27.5 Å². The molecule has 0 N–H and O–H groups in total. The number of likely N-dealkylation sites (N-methyl/N-ethyl adjacent to an activating group) is 1.